The topological polar surface area (TPSA) is 53.4 Å². The van der Waals surface area contributed by atoms with Gasteiger partial charge in [-0.25, -0.2) is 9.07 Å². The van der Waals surface area contributed by atoms with E-state index in [2.05, 4.69) is 5.10 Å². The van der Waals surface area contributed by atoms with Gasteiger partial charge in [-0.05, 0) is 42.0 Å². The first-order valence-electron chi connectivity index (χ1n) is 7.42. The predicted molar refractivity (Wildman–Crippen MR) is 85.6 cm³/mol. The van der Waals surface area contributed by atoms with Crippen LogP contribution in [0.5, 0.6) is 11.5 Å². The zero-order valence-corrected chi connectivity index (χ0v) is 12.6. The quantitative estimate of drug-likeness (QED) is 0.743. The fraction of sp³-hybridized carbons (Fsp3) is 0.111. The lowest BCUT2D eigenvalue weighted by Crippen LogP contribution is -2.22. The molecule has 0 spiro atoms. The highest BCUT2D eigenvalue weighted by molar-refractivity contribution is 5.63. The fourth-order valence-corrected chi connectivity index (χ4v) is 2.58. The van der Waals surface area contributed by atoms with E-state index in [1.54, 1.807) is 24.3 Å². The number of ether oxygens (including phenoxy) is 2. The van der Waals surface area contributed by atoms with Crippen LogP contribution in [0.3, 0.4) is 0 Å². The lowest BCUT2D eigenvalue weighted by molar-refractivity contribution is 0.174. The Kier molecular flexibility index (Phi) is 3.49. The van der Waals surface area contributed by atoms with Gasteiger partial charge in [-0.15, -0.1) is 0 Å². The summed E-state index contributed by atoms with van der Waals surface area (Å²) < 4.78 is 25.3. The number of benzene rings is 2. The van der Waals surface area contributed by atoms with Gasteiger partial charge in [-0.2, -0.15) is 5.10 Å². The van der Waals surface area contributed by atoms with Crippen LogP contribution >= 0.6 is 0 Å². The van der Waals surface area contributed by atoms with Gasteiger partial charge in [0.1, 0.15) is 5.82 Å². The molecule has 0 fully saturated rings. The smallest absolute Gasteiger partial charge is 0.267 e. The highest BCUT2D eigenvalue weighted by atomic mass is 19.1. The molecule has 0 amide bonds. The SMILES string of the molecule is O=c1ccc(-c2ccc3c(c2)OCO3)nn1Cc1cccc(F)c1. The molecule has 2 heterocycles. The number of aromatic nitrogens is 2. The normalized spacial score (nSPS) is 12.4. The van der Waals surface area contributed by atoms with Crippen molar-refractivity contribution in [1.82, 2.24) is 9.78 Å². The predicted octanol–water partition coefficient (Wildman–Crippen LogP) is 2.83. The molecular weight excluding hydrogens is 311 g/mol. The van der Waals surface area contributed by atoms with Crippen molar-refractivity contribution in [3.63, 3.8) is 0 Å². The minimum atomic E-state index is -0.340. The van der Waals surface area contributed by atoms with Crippen molar-refractivity contribution < 1.29 is 13.9 Å². The molecule has 6 heteroatoms. The summed E-state index contributed by atoms with van der Waals surface area (Å²) in [6, 6.07) is 14.7. The van der Waals surface area contributed by atoms with Crippen molar-refractivity contribution in [3.8, 4) is 22.8 Å². The van der Waals surface area contributed by atoms with Gasteiger partial charge in [0.15, 0.2) is 11.5 Å². The molecule has 3 aromatic rings. The summed E-state index contributed by atoms with van der Waals surface area (Å²) in [5.74, 6) is 0.997. The molecule has 0 N–H and O–H groups in total. The maximum absolute atomic E-state index is 13.3. The summed E-state index contributed by atoms with van der Waals surface area (Å²) in [5.41, 5.74) is 1.87. The Labute approximate surface area is 136 Å². The van der Waals surface area contributed by atoms with Gasteiger partial charge < -0.3 is 9.47 Å². The lowest BCUT2D eigenvalue weighted by atomic mass is 10.1. The van der Waals surface area contributed by atoms with Gasteiger partial charge in [-0.3, -0.25) is 4.79 Å². The van der Waals surface area contributed by atoms with Gasteiger partial charge >= 0.3 is 0 Å². The number of fused-ring (bicyclic) bond motifs is 1. The molecule has 4 rings (SSSR count). The minimum absolute atomic E-state index is 0.200. The van der Waals surface area contributed by atoms with Crippen molar-refractivity contribution in [2.75, 3.05) is 6.79 Å². The van der Waals surface area contributed by atoms with Crippen molar-refractivity contribution in [2.45, 2.75) is 6.54 Å². The van der Waals surface area contributed by atoms with Crippen molar-refractivity contribution in [1.29, 1.82) is 0 Å². The summed E-state index contributed by atoms with van der Waals surface area (Å²) in [6.07, 6.45) is 0. The zero-order chi connectivity index (χ0) is 16.5. The number of rotatable bonds is 3. The van der Waals surface area contributed by atoms with Crippen LogP contribution in [0.15, 0.2) is 59.4 Å². The van der Waals surface area contributed by atoms with Crippen LogP contribution in [0.1, 0.15) is 5.56 Å². The average Bonchev–Trinajstić information content (AvgIpc) is 3.04. The van der Waals surface area contributed by atoms with Gasteiger partial charge in [0.05, 0.1) is 12.2 Å². The van der Waals surface area contributed by atoms with E-state index in [1.165, 1.54) is 22.9 Å². The summed E-state index contributed by atoms with van der Waals surface area (Å²) in [4.78, 5) is 12.0. The van der Waals surface area contributed by atoms with Crippen LogP contribution in [0.2, 0.25) is 0 Å². The molecule has 0 unspecified atom stereocenters. The first-order chi connectivity index (χ1) is 11.7. The van der Waals surface area contributed by atoms with Crippen LogP contribution in [0.25, 0.3) is 11.3 Å². The van der Waals surface area contributed by atoms with Crippen LogP contribution in [-0.4, -0.2) is 16.6 Å². The number of halogens is 1. The van der Waals surface area contributed by atoms with Crippen molar-refractivity contribution in [3.05, 3.63) is 76.3 Å². The molecule has 120 valence electrons. The van der Waals surface area contributed by atoms with Crippen LogP contribution in [0, 0.1) is 5.82 Å². The Hall–Kier alpha value is -3.15. The maximum Gasteiger partial charge on any atom is 0.267 e. The molecule has 1 aliphatic rings. The Morgan fingerprint density at radius 2 is 1.92 bits per heavy atom. The second-order valence-corrected chi connectivity index (χ2v) is 5.41. The highest BCUT2D eigenvalue weighted by Gasteiger charge is 2.14. The Balaban J connectivity index is 1.70. The van der Waals surface area contributed by atoms with E-state index in [1.807, 2.05) is 12.1 Å². The zero-order valence-electron chi connectivity index (χ0n) is 12.6. The van der Waals surface area contributed by atoms with E-state index in [-0.39, 0.29) is 24.7 Å². The van der Waals surface area contributed by atoms with Gasteiger partial charge in [-0.1, -0.05) is 12.1 Å². The summed E-state index contributed by atoms with van der Waals surface area (Å²) in [6.45, 7) is 0.403. The molecule has 0 saturated carbocycles. The number of nitrogens with zero attached hydrogens (tertiary/aromatic N) is 2. The lowest BCUT2D eigenvalue weighted by Gasteiger charge is -2.08. The van der Waals surface area contributed by atoms with Crippen LogP contribution in [-0.2, 0) is 6.54 Å². The molecule has 5 nitrogen and oxygen atoms in total. The molecule has 1 aromatic heterocycles. The van der Waals surface area contributed by atoms with E-state index >= 15 is 0 Å². The Bertz CT molecular complexity index is 968. The third-order valence-corrected chi connectivity index (χ3v) is 3.76. The third kappa shape index (κ3) is 2.74. The van der Waals surface area contributed by atoms with Crippen molar-refractivity contribution in [2.24, 2.45) is 0 Å². The highest BCUT2D eigenvalue weighted by Crippen LogP contribution is 2.35. The van der Waals surface area contributed by atoms with Gasteiger partial charge in [0, 0.05) is 11.6 Å². The van der Waals surface area contributed by atoms with Crippen LogP contribution in [0.4, 0.5) is 4.39 Å². The molecule has 0 aliphatic carbocycles. The first kappa shape index (κ1) is 14.4. The van der Waals surface area contributed by atoms with Crippen LogP contribution < -0.4 is 15.0 Å². The second kappa shape index (κ2) is 5.81. The maximum atomic E-state index is 13.3. The summed E-state index contributed by atoms with van der Waals surface area (Å²) in [7, 11) is 0. The number of hydrogen-bond donors (Lipinski definition) is 0. The first-order valence-corrected chi connectivity index (χ1v) is 7.42. The largest absolute Gasteiger partial charge is 0.454 e. The monoisotopic (exact) mass is 324 g/mol. The summed E-state index contributed by atoms with van der Waals surface area (Å²) >= 11 is 0. The second-order valence-electron chi connectivity index (χ2n) is 5.41. The summed E-state index contributed by atoms with van der Waals surface area (Å²) in [5, 5.41) is 4.38. The fourth-order valence-electron chi connectivity index (χ4n) is 2.58. The third-order valence-electron chi connectivity index (χ3n) is 3.76. The van der Waals surface area contributed by atoms with Gasteiger partial charge in [0.25, 0.3) is 5.56 Å². The molecule has 0 bridgehead atoms. The van der Waals surface area contributed by atoms with E-state index in [9.17, 15) is 9.18 Å². The molecule has 24 heavy (non-hydrogen) atoms. The number of hydrogen-bond acceptors (Lipinski definition) is 4. The molecular formula is C18H13FN2O3. The Morgan fingerprint density at radius 1 is 1.04 bits per heavy atom. The standard InChI is InChI=1S/C18H13FN2O3/c19-14-3-1-2-12(8-14)10-21-18(22)7-5-15(20-21)13-4-6-16-17(9-13)24-11-23-16/h1-9H,10-11H2. The Morgan fingerprint density at radius 3 is 2.79 bits per heavy atom. The average molecular weight is 324 g/mol. The van der Waals surface area contributed by atoms with E-state index < -0.39 is 0 Å². The van der Waals surface area contributed by atoms with E-state index in [0.29, 0.717) is 22.8 Å². The van der Waals surface area contributed by atoms with E-state index in [0.717, 1.165) is 5.56 Å². The molecule has 0 saturated heterocycles. The van der Waals surface area contributed by atoms with Gasteiger partial charge in [0.2, 0.25) is 6.79 Å². The molecule has 0 radical (unpaired) electrons. The van der Waals surface area contributed by atoms with E-state index in [4.69, 9.17) is 9.47 Å². The minimum Gasteiger partial charge on any atom is -0.454 e. The molecule has 1 aliphatic heterocycles. The van der Waals surface area contributed by atoms with Crippen molar-refractivity contribution >= 4 is 0 Å². The molecule has 2 aromatic carbocycles. The molecule has 0 atom stereocenters.